The van der Waals surface area contributed by atoms with Gasteiger partial charge in [0.05, 0.1) is 25.6 Å². The quantitative estimate of drug-likeness (QED) is 0.167. The molecule has 0 aliphatic rings. The summed E-state index contributed by atoms with van der Waals surface area (Å²) in [5.74, 6) is -0.501. The number of rotatable bonds is 10. The number of carbonyl (C=O) groups is 1. The van der Waals surface area contributed by atoms with E-state index in [1.807, 2.05) is 6.92 Å². The molecule has 0 aliphatic carbocycles. The number of ether oxygens (including phenoxy) is 2. The van der Waals surface area contributed by atoms with Crippen molar-refractivity contribution >= 4 is 27.5 Å². The number of thiophene rings is 1. The first-order valence-corrected chi connectivity index (χ1v) is 15.4. The van der Waals surface area contributed by atoms with Gasteiger partial charge in [-0.25, -0.2) is 14.2 Å². The summed E-state index contributed by atoms with van der Waals surface area (Å²) in [5.41, 5.74) is 1.13. The maximum Gasteiger partial charge on any atom is 0.332 e. The number of esters is 1. The summed E-state index contributed by atoms with van der Waals surface area (Å²) >= 11 is 1.30. The van der Waals surface area contributed by atoms with Crippen molar-refractivity contribution in [2.24, 2.45) is 0 Å². The number of benzene rings is 3. The van der Waals surface area contributed by atoms with Gasteiger partial charge in [0.1, 0.15) is 22.5 Å². The zero-order valence-electron chi connectivity index (χ0n) is 25.6. The standard InChI is InChI=1S/C34H29FN4O7S.CH4/c1-4-24-16-27-31(41)38(18-29(45-19(2)40)20-11-13-23(44-3)14-12-20)34(43)39(32(27)47-24)17-22-10-9-21(15-28(22)35)25-7-5-6-8-26(25)30-36-33(42)46-37-30;/h5-16,29H,4,17-18H2,1-3H3,(H,36,37,42);1H4/p-1. The molecule has 0 radical (unpaired) electrons. The number of nitrogens with zero attached hydrogens (tertiary/aromatic N) is 4. The lowest BCUT2D eigenvalue weighted by atomic mass is 9.98. The maximum atomic E-state index is 15.8. The summed E-state index contributed by atoms with van der Waals surface area (Å²) in [6, 6.07) is 20.1. The van der Waals surface area contributed by atoms with Crippen LogP contribution in [0, 0.1) is 5.82 Å². The van der Waals surface area contributed by atoms with Crippen LogP contribution in [0.2, 0.25) is 0 Å². The van der Waals surface area contributed by atoms with Crippen LogP contribution in [-0.4, -0.2) is 32.4 Å². The molecule has 1 unspecified atom stereocenters. The Morgan fingerprint density at radius 1 is 1.04 bits per heavy atom. The smallest absolute Gasteiger partial charge is 0.332 e. The van der Waals surface area contributed by atoms with Crippen LogP contribution in [-0.2, 0) is 29.0 Å². The lowest BCUT2D eigenvalue weighted by Gasteiger charge is -2.20. The second-order valence-corrected chi connectivity index (χ2v) is 11.8. The molecule has 13 heteroatoms. The van der Waals surface area contributed by atoms with Gasteiger partial charge >= 0.3 is 11.7 Å². The van der Waals surface area contributed by atoms with Crippen molar-refractivity contribution in [2.75, 3.05) is 7.11 Å². The van der Waals surface area contributed by atoms with Crippen LogP contribution in [0.5, 0.6) is 11.8 Å². The number of aromatic nitrogens is 4. The van der Waals surface area contributed by atoms with E-state index in [-0.39, 0.29) is 31.9 Å². The number of aryl methyl sites for hydroxylation is 1. The summed E-state index contributed by atoms with van der Waals surface area (Å²) in [6.45, 7) is 2.77. The van der Waals surface area contributed by atoms with E-state index in [1.54, 1.807) is 66.7 Å². The van der Waals surface area contributed by atoms with Crippen molar-refractivity contribution in [1.82, 2.24) is 19.3 Å². The van der Waals surface area contributed by atoms with Crippen molar-refractivity contribution in [3.05, 3.63) is 115 Å². The predicted molar refractivity (Wildman–Crippen MR) is 178 cm³/mol. The Kier molecular flexibility index (Phi) is 9.89. The molecule has 0 spiro atoms. The molecule has 6 aromatic rings. The molecule has 6 rings (SSSR count). The topological polar surface area (TPSA) is 142 Å². The van der Waals surface area contributed by atoms with Gasteiger partial charge in [-0.1, -0.05) is 62.9 Å². The first kappa shape index (κ1) is 33.8. The van der Waals surface area contributed by atoms with E-state index in [2.05, 4.69) is 14.7 Å². The minimum Gasteiger partial charge on any atom is -0.528 e. The Hall–Kier alpha value is -5.56. The van der Waals surface area contributed by atoms with Crippen LogP contribution in [0.1, 0.15) is 43.4 Å². The highest BCUT2D eigenvalue weighted by Gasteiger charge is 2.23. The summed E-state index contributed by atoms with van der Waals surface area (Å²) < 4.78 is 33.6. The monoisotopic (exact) mass is 671 g/mol. The highest BCUT2D eigenvalue weighted by atomic mass is 32.1. The molecule has 3 aromatic heterocycles. The molecule has 0 N–H and O–H groups in total. The molecule has 0 fully saturated rings. The number of hydrogen-bond acceptors (Lipinski definition) is 10. The summed E-state index contributed by atoms with van der Waals surface area (Å²) in [7, 11) is 1.52. The average molecular weight is 672 g/mol. The van der Waals surface area contributed by atoms with Gasteiger partial charge in [-0.05, 0) is 47.4 Å². The van der Waals surface area contributed by atoms with Gasteiger partial charge in [0.15, 0.2) is 11.9 Å². The molecule has 0 saturated heterocycles. The summed E-state index contributed by atoms with van der Waals surface area (Å²) in [4.78, 5) is 44.9. The number of carbonyl (C=O) groups excluding carboxylic acids is 1. The van der Waals surface area contributed by atoms with E-state index in [1.165, 1.54) is 36.0 Å². The van der Waals surface area contributed by atoms with Gasteiger partial charge in [-0.2, -0.15) is 5.16 Å². The average Bonchev–Trinajstić information content (AvgIpc) is 3.71. The van der Waals surface area contributed by atoms with Crippen LogP contribution in [0.15, 0.2) is 86.9 Å². The fourth-order valence-corrected chi connectivity index (χ4v) is 6.46. The molecule has 48 heavy (non-hydrogen) atoms. The zero-order valence-corrected chi connectivity index (χ0v) is 26.4. The predicted octanol–water partition coefficient (Wildman–Crippen LogP) is 5.71. The molecule has 0 bridgehead atoms. The second kappa shape index (κ2) is 14.1. The largest absolute Gasteiger partial charge is 0.528 e. The molecule has 248 valence electrons. The van der Waals surface area contributed by atoms with E-state index in [0.717, 1.165) is 9.44 Å². The Morgan fingerprint density at radius 2 is 1.77 bits per heavy atom. The summed E-state index contributed by atoms with van der Waals surface area (Å²) in [5, 5.41) is 15.5. The van der Waals surface area contributed by atoms with E-state index >= 15 is 4.39 Å². The van der Waals surface area contributed by atoms with Gasteiger partial charge in [0.25, 0.3) is 5.56 Å². The Bertz CT molecular complexity index is 2220. The van der Waals surface area contributed by atoms with E-state index in [0.29, 0.717) is 44.6 Å². The Balaban J connectivity index is 0.00000451. The molecular weight excluding hydrogens is 639 g/mol. The zero-order chi connectivity index (χ0) is 33.2. The third kappa shape index (κ3) is 6.63. The van der Waals surface area contributed by atoms with Crippen LogP contribution in [0.25, 0.3) is 32.7 Å². The van der Waals surface area contributed by atoms with Crippen molar-refractivity contribution in [1.29, 1.82) is 0 Å². The van der Waals surface area contributed by atoms with E-state index in [9.17, 15) is 19.5 Å². The fraction of sp³-hybridized carbons (Fsp3) is 0.229. The van der Waals surface area contributed by atoms with Crippen LogP contribution < -0.4 is 21.1 Å². The van der Waals surface area contributed by atoms with Gasteiger partial charge in [0, 0.05) is 22.9 Å². The van der Waals surface area contributed by atoms with Crippen LogP contribution >= 0.6 is 11.3 Å². The lowest BCUT2D eigenvalue weighted by molar-refractivity contribution is -0.303. The third-order valence-electron chi connectivity index (χ3n) is 7.71. The lowest BCUT2D eigenvalue weighted by Crippen LogP contribution is -2.41. The molecule has 0 saturated carbocycles. The first-order valence-electron chi connectivity index (χ1n) is 14.6. The highest BCUT2D eigenvalue weighted by molar-refractivity contribution is 7.18. The number of fused-ring (bicyclic) bond motifs is 1. The maximum absolute atomic E-state index is 15.8. The molecule has 11 nitrogen and oxygen atoms in total. The minimum atomic E-state index is -0.952. The first-order chi connectivity index (χ1) is 22.7. The number of methoxy groups -OCH3 is 1. The molecule has 0 amide bonds. The molecule has 1 atom stereocenters. The minimum absolute atomic E-state index is 0. The number of halogens is 1. The van der Waals surface area contributed by atoms with E-state index in [4.69, 9.17) is 9.47 Å². The Morgan fingerprint density at radius 3 is 2.40 bits per heavy atom. The SMILES string of the molecule is C.CCc1cc2c(=O)n(CC(OC(C)=O)c3ccc(OC)cc3)c(=O)n(Cc3ccc(-c4ccccc4-c4noc([O-])n4)cc3F)c2s1. The van der Waals surface area contributed by atoms with Crippen molar-refractivity contribution in [3.63, 3.8) is 0 Å². The van der Waals surface area contributed by atoms with Crippen LogP contribution in [0.4, 0.5) is 4.39 Å². The van der Waals surface area contributed by atoms with E-state index < -0.39 is 35.2 Å². The van der Waals surface area contributed by atoms with Crippen LogP contribution in [0.3, 0.4) is 0 Å². The van der Waals surface area contributed by atoms with Crippen molar-refractivity contribution in [3.8, 4) is 34.3 Å². The third-order valence-corrected chi connectivity index (χ3v) is 9.01. The molecule has 3 heterocycles. The normalized spacial score (nSPS) is 11.7. The fourth-order valence-electron chi connectivity index (χ4n) is 5.38. The van der Waals surface area contributed by atoms with Crippen molar-refractivity contribution < 1.29 is 28.3 Å². The second-order valence-electron chi connectivity index (χ2n) is 10.7. The highest BCUT2D eigenvalue weighted by Crippen LogP contribution is 2.32. The molecule has 3 aromatic carbocycles. The number of hydrogen-bond donors (Lipinski definition) is 0. The summed E-state index contributed by atoms with van der Waals surface area (Å²) in [6.07, 6.45) is -1.16. The molecule has 0 aliphatic heterocycles. The van der Waals surface area contributed by atoms with Crippen molar-refractivity contribution in [2.45, 2.75) is 46.9 Å². The molecular formula is C35H32FN4O7S-. The van der Waals surface area contributed by atoms with Gasteiger partial charge in [0.2, 0.25) is 0 Å². The van der Waals surface area contributed by atoms with Gasteiger partial charge in [-0.15, -0.1) is 11.3 Å². The Labute approximate surface area is 278 Å². The van der Waals surface area contributed by atoms with Gasteiger partial charge in [-0.3, -0.25) is 18.7 Å². The van der Waals surface area contributed by atoms with Gasteiger partial charge < -0.3 is 19.1 Å².